The highest BCUT2D eigenvalue weighted by atomic mass is 32.2. The number of ether oxygens (including phenoxy) is 1. The highest BCUT2D eigenvalue weighted by molar-refractivity contribution is 7.89. The van der Waals surface area contributed by atoms with E-state index in [1.54, 1.807) is 38.2 Å². The van der Waals surface area contributed by atoms with Crippen LogP contribution >= 0.6 is 0 Å². The lowest BCUT2D eigenvalue weighted by atomic mass is 10.2. The summed E-state index contributed by atoms with van der Waals surface area (Å²) in [6.07, 6.45) is 2.27. The van der Waals surface area contributed by atoms with Gasteiger partial charge < -0.3 is 14.6 Å². The molecule has 1 aromatic carbocycles. The zero-order chi connectivity index (χ0) is 21.9. The minimum atomic E-state index is -3.99. The summed E-state index contributed by atoms with van der Waals surface area (Å²) in [5, 5.41) is 11.6. The summed E-state index contributed by atoms with van der Waals surface area (Å²) in [6, 6.07) is 8.71. The topological polar surface area (TPSA) is 122 Å². The molecule has 1 aliphatic rings. The normalized spacial score (nSPS) is 16.8. The first-order valence-electron chi connectivity index (χ1n) is 9.44. The third-order valence-electron chi connectivity index (χ3n) is 4.86. The molecule has 30 heavy (non-hydrogen) atoms. The second-order valence-electron chi connectivity index (χ2n) is 6.84. The lowest BCUT2D eigenvalue weighted by Gasteiger charge is -2.22. The first kappa shape index (κ1) is 21.5. The molecule has 1 amide bonds. The summed E-state index contributed by atoms with van der Waals surface area (Å²) in [4.78, 5) is 24.7. The van der Waals surface area contributed by atoms with E-state index < -0.39 is 27.9 Å². The lowest BCUT2D eigenvalue weighted by Crippen LogP contribution is -2.43. The number of aryl methyl sites for hydroxylation is 1. The van der Waals surface area contributed by atoms with Gasteiger partial charge in [0.25, 0.3) is 0 Å². The summed E-state index contributed by atoms with van der Waals surface area (Å²) in [7, 11) is -2.43. The molecule has 0 saturated carbocycles. The fourth-order valence-corrected chi connectivity index (χ4v) is 5.09. The molecule has 1 atom stereocenters. The number of sulfonamides is 1. The molecule has 0 bridgehead atoms. The molecule has 9 nitrogen and oxygen atoms in total. The van der Waals surface area contributed by atoms with Gasteiger partial charge in [0.15, 0.2) is 0 Å². The number of hydrogen-bond acceptors (Lipinski definition) is 6. The molecule has 1 saturated heterocycles. The van der Waals surface area contributed by atoms with Crippen molar-refractivity contribution < 1.29 is 22.7 Å². The number of amides is 1. The predicted octanol–water partition coefficient (Wildman–Crippen LogP) is 1.87. The largest absolute Gasteiger partial charge is 0.461 e. The molecule has 1 unspecified atom stereocenters. The molecule has 1 N–H and O–H groups in total. The summed E-state index contributed by atoms with van der Waals surface area (Å²) in [5.74, 6) is -1.06. The second-order valence-corrected chi connectivity index (χ2v) is 8.74. The summed E-state index contributed by atoms with van der Waals surface area (Å²) in [5.41, 5.74) is 1.06. The van der Waals surface area contributed by atoms with E-state index in [0.29, 0.717) is 24.1 Å². The molecule has 1 aliphatic heterocycles. The van der Waals surface area contributed by atoms with Crippen molar-refractivity contribution in [2.75, 3.05) is 18.5 Å². The first-order valence-corrected chi connectivity index (χ1v) is 10.9. The third-order valence-corrected chi connectivity index (χ3v) is 6.73. The van der Waals surface area contributed by atoms with Crippen molar-refractivity contribution in [3.05, 3.63) is 47.8 Å². The van der Waals surface area contributed by atoms with Crippen LogP contribution in [0.15, 0.2) is 41.4 Å². The van der Waals surface area contributed by atoms with Crippen LogP contribution in [0.5, 0.6) is 0 Å². The van der Waals surface area contributed by atoms with E-state index in [0.717, 1.165) is 4.31 Å². The predicted molar refractivity (Wildman–Crippen MR) is 108 cm³/mol. The van der Waals surface area contributed by atoms with Crippen LogP contribution in [0, 0.1) is 11.3 Å². The van der Waals surface area contributed by atoms with Gasteiger partial charge in [-0.15, -0.1) is 0 Å². The molecular formula is C20H22N4O5S. The van der Waals surface area contributed by atoms with Crippen LogP contribution in [0.25, 0.3) is 0 Å². The van der Waals surface area contributed by atoms with Crippen LogP contribution in [0.3, 0.4) is 0 Å². The Morgan fingerprint density at radius 2 is 2.00 bits per heavy atom. The van der Waals surface area contributed by atoms with Crippen molar-refractivity contribution in [3.8, 4) is 6.07 Å². The molecule has 0 aliphatic carbocycles. The Bertz CT molecular complexity index is 1100. The summed E-state index contributed by atoms with van der Waals surface area (Å²) < 4.78 is 33.9. The number of esters is 1. The smallest absolute Gasteiger partial charge is 0.354 e. The van der Waals surface area contributed by atoms with Gasteiger partial charge in [-0.3, -0.25) is 4.79 Å². The van der Waals surface area contributed by atoms with E-state index in [9.17, 15) is 18.0 Å². The number of anilines is 1. The molecule has 0 spiro atoms. The zero-order valence-electron chi connectivity index (χ0n) is 16.7. The summed E-state index contributed by atoms with van der Waals surface area (Å²) >= 11 is 0. The van der Waals surface area contributed by atoms with E-state index >= 15 is 0 Å². The Labute approximate surface area is 174 Å². The van der Waals surface area contributed by atoms with Gasteiger partial charge in [-0.2, -0.15) is 9.57 Å². The average molecular weight is 430 g/mol. The Morgan fingerprint density at radius 1 is 1.30 bits per heavy atom. The molecular weight excluding hydrogens is 408 g/mol. The molecule has 0 radical (unpaired) electrons. The van der Waals surface area contributed by atoms with Crippen molar-refractivity contribution in [3.63, 3.8) is 0 Å². The Hall–Kier alpha value is -3.16. The quantitative estimate of drug-likeness (QED) is 0.698. The molecule has 2 aromatic rings. The number of hydrogen-bond donors (Lipinski definition) is 1. The van der Waals surface area contributed by atoms with E-state index in [1.165, 1.54) is 16.8 Å². The monoisotopic (exact) mass is 430 g/mol. The number of aromatic nitrogens is 1. The fraction of sp³-hybridized carbons (Fsp3) is 0.350. The Balaban J connectivity index is 1.81. The molecule has 1 aromatic heterocycles. The van der Waals surface area contributed by atoms with E-state index in [2.05, 4.69) is 5.32 Å². The van der Waals surface area contributed by atoms with Crippen LogP contribution in [0.2, 0.25) is 0 Å². The minimum absolute atomic E-state index is 0.0638. The molecule has 3 rings (SSSR count). The van der Waals surface area contributed by atoms with Gasteiger partial charge in [0.05, 0.1) is 18.2 Å². The molecule has 10 heteroatoms. The van der Waals surface area contributed by atoms with E-state index in [-0.39, 0.29) is 23.7 Å². The van der Waals surface area contributed by atoms with Crippen LogP contribution in [-0.2, 0) is 26.6 Å². The highest BCUT2D eigenvalue weighted by Crippen LogP contribution is 2.28. The van der Waals surface area contributed by atoms with Gasteiger partial charge in [-0.1, -0.05) is 0 Å². The van der Waals surface area contributed by atoms with Crippen molar-refractivity contribution in [1.82, 2.24) is 8.87 Å². The Kier molecular flexibility index (Phi) is 6.24. The van der Waals surface area contributed by atoms with Gasteiger partial charge in [0, 0.05) is 25.5 Å². The number of nitriles is 1. The molecule has 158 valence electrons. The first-order chi connectivity index (χ1) is 14.3. The van der Waals surface area contributed by atoms with Crippen molar-refractivity contribution in [1.29, 1.82) is 5.26 Å². The molecule has 1 fully saturated rings. The zero-order valence-corrected chi connectivity index (χ0v) is 17.5. The van der Waals surface area contributed by atoms with E-state index in [4.69, 9.17) is 10.00 Å². The van der Waals surface area contributed by atoms with Gasteiger partial charge >= 0.3 is 5.97 Å². The van der Waals surface area contributed by atoms with Crippen molar-refractivity contribution in [2.24, 2.45) is 7.05 Å². The van der Waals surface area contributed by atoms with Gasteiger partial charge in [-0.05, 0) is 50.1 Å². The number of nitrogens with one attached hydrogen (secondary N) is 1. The van der Waals surface area contributed by atoms with Gasteiger partial charge in [-0.25, -0.2) is 13.2 Å². The number of carbonyl (C=O) groups excluding carboxylic acids is 2. The van der Waals surface area contributed by atoms with Gasteiger partial charge in [0.2, 0.25) is 15.9 Å². The minimum Gasteiger partial charge on any atom is -0.461 e. The highest BCUT2D eigenvalue weighted by Gasteiger charge is 2.40. The SMILES string of the molecule is CCOC(=O)c1cc(S(=O)(=O)N2CCCC2C(=O)Nc2ccc(C#N)cc2)cn1C. The lowest BCUT2D eigenvalue weighted by molar-refractivity contribution is -0.119. The maximum atomic E-state index is 13.2. The van der Waals surface area contributed by atoms with Gasteiger partial charge in [0.1, 0.15) is 16.6 Å². The number of benzene rings is 1. The third kappa shape index (κ3) is 4.22. The second kappa shape index (κ2) is 8.69. The van der Waals surface area contributed by atoms with E-state index in [1.807, 2.05) is 6.07 Å². The average Bonchev–Trinajstić information content (AvgIpc) is 3.36. The van der Waals surface area contributed by atoms with Crippen LogP contribution in [0.4, 0.5) is 5.69 Å². The fourth-order valence-electron chi connectivity index (χ4n) is 3.36. The summed E-state index contributed by atoms with van der Waals surface area (Å²) in [6.45, 7) is 2.05. The van der Waals surface area contributed by atoms with Crippen LogP contribution < -0.4 is 5.32 Å². The van der Waals surface area contributed by atoms with Crippen molar-refractivity contribution in [2.45, 2.75) is 30.7 Å². The van der Waals surface area contributed by atoms with Crippen LogP contribution in [0.1, 0.15) is 35.8 Å². The standard InChI is InChI=1S/C20H22N4O5S/c1-3-29-20(26)18-11-16(13-23(18)2)30(27,28)24-10-4-5-17(24)19(25)22-15-8-6-14(12-21)7-9-15/h6-9,11,13,17H,3-5,10H2,1-2H3,(H,22,25). The number of nitrogens with zero attached hydrogens (tertiary/aromatic N) is 3. The maximum Gasteiger partial charge on any atom is 0.354 e. The molecule has 2 heterocycles. The number of rotatable bonds is 6. The van der Waals surface area contributed by atoms with Crippen molar-refractivity contribution >= 4 is 27.6 Å². The van der Waals surface area contributed by atoms with Crippen LogP contribution in [-0.4, -0.2) is 48.4 Å². The maximum absolute atomic E-state index is 13.2. The number of carbonyl (C=O) groups is 2. The Morgan fingerprint density at radius 3 is 2.63 bits per heavy atom.